The predicted molar refractivity (Wildman–Crippen MR) is 60.1 cm³/mol. The summed E-state index contributed by atoms with van der Waals surface area (Å²) in [5.41, 5.74) is 0.542. The van der Waals surface area contributed by atoms with E-state index in [2.05, 4.69) is 0 Å². The lowest BCUT2D eigenvalue weighted by Crippen LogP contribution is -2.34. The van der Waals surface area contributed by atoms with Crippen LogP contribution in [0.3, 0.4) is 0 Å². The van der Waals surface area contributed by atoms with Gasteiger partial charge in [-0.25, -0.2) is 4.79 Å². The molecule has 0 amide bonds. The van der Waals surface area contributed by atoms with Crippen LogP contribution in [0.1, 0.15) is 36.0 Å². The van der Waals surface area contributed by atoms with E-state index in [0.717, 1.165) is 25.7 Å². The highest BCUT2D eigenvalue weighted by Crippen LogP contribution is 2.22. The van der Waals surface area contributed by atoms with Crippen molar-refractivity contribution >= 4 is 5.97 Å². The zero-order valence-electron chi connectivity index (χ0n) is 9.13. The van der Waals surface area contributed by atoms with Crippen LogP contribution in [0.15, 0.2) is 30.3 Å². The lowest BCUT2D eigenvalue weighted by molar-refractivity contribution is -0.0360. The van der Waals surface area contributed by atoms with Gasteiger partial charge in [0.15, 0.2) is 0 Å². The Bertz CT molecular complexity index is 347. The van der Waals surface area contributed by atoms with E-state index < -0.39 is 6.10 Å². The third kappa shape index (κ3) is 2.61. The highest BCUT2D eigenvalue weighted by Gasteiger charge is 2.26. The van der Waals surface area contributed by atoms with E-state index in [1.165, 1.54) is 0 Å². The number of carbonyl (C=O) groups excluding carboxylic acids is 1. The van der Waals surface area contributed by atoms with Gasteiger partial charge in [-0.15, -0.1) is 0 Å². The van der Waals surface area contributed by atoms with Crippen molar-refractivity contribution in [1.82, 2.24) is 0 Å². The fourth-order valence-electron chi connectivity index (χ4n) is 1.99. The van der Waals surface area contributed by atoms with E-state index in [-0.39, 0.29) is 12.1 Å². The quantitative estimate of drug-likeness (QED) is 0.777. The SMILES string of the molecule is O=C(O[C@H]1CCCC[C@H]1O)c1ccccc1. The number of carbonyl (C=O) groups is 1. The maximum Gasteiger partial charge on any atom is 0.338 e. The standard InChI is InChI=1S/C13H16O3/c14-11-8-4-5-9-12(11)16-13(15)10-6-2-1-3-7-10/h1-3,6-7,11-12,14H,4-5,8-9H2/t11-,12+/m1/s1. The van der Waals surface area contributed by atoms with Gasteiger partial charge in [-0.3, -0.25) is 0 Å². The molecule has 1 fully saturated rings. The smallest absolute Gasteiger partial charge is 0.338 e. The highest BCUT2D eigenvalue weighted by molar-refractivity contribution is 5.89. The van der Waals surface area contributed by atoms with Crippen molar-refractivity contribution in [3.8, 4) is 0 Å². The molecule has 1 saturated carbocycles. The number of aliphatic hydroxyl groups excluding tert-OH is 1. The first-order valence-corrected chi connectivity index (χ1v) is 5.71. The molecule has 2 atom stereocenters. The second kappa shape index (κ2) is 5.12. The van der Waals surface area contributed by atoms with Gasteiger partial charge < -0.3 is 9.84 Å². The van der Waals surface area contributed by atoms with Crippen molar-refractivity contribution in [3.63, 3.8) is 0 Å². The first-order chi connectivity index (χ1) is 7.77. The zero-order valence-corrected chi connectivity index (χ0v) is 9.13. The fourth-order valence-corrected chi connectivity index (χ4v) is 1.99. The van der Waals surface area contributed by atoms with Gasteiger partial charge in [-0.05, 0) is 31.4 Å². The van der Waals surface area contributed by atoms with Gasteiger partial charge >= 0.3 is 5.97 Å². The molecule has 0 heterocycles. The molecular weight excluding hydrogens is 204 g/mol. The average Bonchev–Trinajstić information content (AvgIpc) is 2.33. The Hall–Kier alpha value is -1.35. The summed E-state index contributed by atoms with van der Waals surface area (Å²) < 4.78 is 5.30. The van der Waals surface area contributed by atoms with E-state index in [4.69, 9.17) is 4.74 Å². The summed E-state index contributed by atoms with van der Waals surface area (Å²) in [6.45, 7) is 0. The number of hydrogen-bond donors (Lipinski definition) is 1. The van der Waals surface area contributed by atoms with Crippen molar-refractivity contribution in [3.05, 3.63) is 35.9 Å². The van der Waals surface area contributed by atoms with Gasteiger partial charge in [0.2, 0.25) is 0 Å². The first-order valence-electron chi connectivity index (χ1n) is 5.71. The summed E-state index contributed by atoms with van der Waals surface area (Å²) in [4.78, 5) is 11.7. The number of aliphatic hydroxyl groups is 1. The highest BCUT2D eigenvalue weighted by atomic mass is 16.6. The Labute approximate surface area is 95.0 Å². The van der Waals surface area contributed by atoms with Crippen LogP contribution in [0.5, 0.6) is 0 Å². The molecule has 2 rings (SSSR count). The lowest BCUT2D eigenvalue weighted by atomic mass is 9.95. The largest absolute Gasteiger partial charge is 0.456 e. The van der Waals surface area contributed by atoms with Gasteiger partial charge in [-0.1, -0.05) is 24.6 Å². The van der Waals surface area contributed by atoms with Crippen LogP contribution in [-0.4, -0.2) is 23.3 Å². The van der Waals surface area contributed by atoms with Gasteiger partial charge in [0.1, 0.15) is 6.10 Å². The van der Waals surface area contributed by atoms with Crippen LogP contribution in [0, 0.1) is 0 Å². The molecule has 16 heavy (non-hydrogen) atoms. The van der Waals surface area contributed by atoms with Crippen LogP contribution in [0.4, 0.5) is 0 Å². The summed E-state index contributed by atoms with van der Waals surface area (Å²) in [5.74, 6) is -0.341. The number of ether oxygens (including phenoxy) is 1. The molecule has 3 heteroatoms. The molecule has 0 radical (unpaired) electrons. The number of hydrogen-bond acceptors (Lipinski definition) is 3. The van der Waals surface area contributed by atoms with Crippen molar-refractivity contribution in [2.24, 2.45) is 0 Å². The van der Waals surface area contributed by atoms with E-state index in [9.17, 15) is 9.90 Å². The van der Waals surface area contributed by atoms with E-state index in [0.29, 0.717) is 5.56 Å². The summed E-state index contributed by atoms with van der Waals surface area (Å²) in [5, 5.41) is 9.69. The minimum absolute atomic E-state index is 0.332. The van der Waals surface area contributed by atoms with E-state index in [1.54, 1.807) is 24.3 Å². The summed E-state index contributed by atoms with van der Waals surface area (Å²) in [6.07, 6.45) is 2.69. The minimum Gasteiger partial charge on any atom is -0.456 e. The normalized spacial score (nSPS) is 25.1. The Kier molecular flexibility index (Phi) is 3.57. The number of rotatable bonds is 2. The van der Waals surface area contributed by atoms with Gasteiger partial charge in [-0.2, -0.15) is 0 Å². The number of esters is 1. The van der Waals surface area contributed by atoms with Gasteiger partial charge in [0.25, 0.3) is 0 Å². The van der Waals surface area contributed by atoms with E-state index >= 15 is 0 Å². The topological polar surface area (TPSA) is 46.5 Å². The van der Waals surface area contributed by atoms with Crippen molar-refractivity contribution in [2.45, 2.75) is 37.9 Å². The molecule has 0 aliphatic heterocycles. The maximum absolute atomic E-state index is 11.7. The van der Waals surface area contributed by atoms with Crippen molar-refractivity contribution in [2.75, 3.05) is 0 Å². The van der Waals surface area contributed by atoms with Crippen molar-refractivity contribution < 1.29 is 14.6 Å². The molecule has 0 aromatic heterocycles. The lowest BCUT2D eigenvalue weighted by Gasteiger charge is -2.27. The predicted octanol–water partition coefficient (Wildman–Crippen LogP) is 2.15. The molecule has 3 nitrogen and oxygen atoms in total. The van der Waals surface area contributed by atoms with Crippen molar-refractivity contribution in [1.29, 1.82) is 0 Å². The van der Waals surface area contributed by atoms with Crippen LogP contribution in [0.2, 0.25) is 0 Å². The zero-order chi connectivity index (χ0) is 11.4. The number of benzene rings is 1. The van der Waals surface area contributed by atoms with Crippen LogP contribution >= 0.6 is 0 Å². The molecule has 1 aromatic carbocycles. The van der Waals surface area contributed by atoms with Gasteiger partial charge in [0.05, 0.1) is 11.7 Å². The Morgan fingerprint density at radius 2 is 1.88 bits per heavy atom. The second-order valence-electron chi connectivity index (χ2n) is 4.16. The van der Waals surface area contributed by atoms with Gasteiger partial charge in [0, 0.05) is 0 Å². The molecular formula is C13H16O3. The molecule has 0 unspecified atom stereocenters. The van der Waals surface area contributed by atoms with Crippen LogP contribution in [0.25, 0.3) is 0 Å². The Morgan fingerprint density at radius 3 is 2.56 bits per heavy atom. The molecule has 0 bridgehead atoms. The molecule has 1 aliphatic carbocycles. The summed E-state index contributed by atoms with van der Waals surface area (Å²) >= 11 is 0. The summed E-state index contributed by atoms with van der Waals surface area (Å²) in [7, 11) is 0. The van der Waals surface area contributed by atoms with Crippen LogP contribution in [-0.2, 0) is 4.74 Å². The maximum atomic E-state index is 11.7. The molecule has 86 valence electrons. The molecule has 1 aromatic rings. The fraction of sp³-hybridized carbons (Fsp3) is 0.462. The second-order valence-corrected chi connectivity index (χ2v) is 4.16. The molecule has 0 saturated heterocycles. The average molecular weight is 220 g/mol. The third-order valence-electron chi connectivity index (χ3n) is 2.94. The third-order valence-corrected chi connectivity index (χ3v) is 2.94. The minimum atomic E-state index is -0.499. The van der Waals surface area contributed by atoms with Crippen LogP contribution < -0.4 is 0 Å². The first kappa shape index (κ1) is 11.1. The molecule has 1 aliphatic rings. The Balaban J connectivity index is 1.96. The molecule has 1 N–H and O–H groups in total. The summed E-state index contributed by atoms with van der Waals surface area (Å²) in [6, 6.07) is 8.89. The Morgan fingerprint density at radius 1 is 1.19 bits per heavy atom. The monoisotopic (exact) mass is 220 g/mol. The van der Waals surface area contributed by atoms with E-state index in [1.807, 2.05) is 6.07 Å². The molecule has 0 spiro atoms.